The number of rotatable bonds is 3. The maximum absolute atomic E-state index is 11.9. The number of carbonyl (C=O) groups is 2. The number of para-hydroxylation sites is 1. The molecule has 0 aliphatic carbocycles. The van der Waals surface area contributed by atoms with Crippen molar-refractivity contribution in [1.82, 2.24) is 15.1 Å². The van der Waals surface area contributed by atoms with Crippen LogP contribution in [-0.4, -0.2) is 21.6 Å². The third kappa shape index (κ3) is 2.59. The molecule has 1 aliphatic heterocycles. The molecule has 2 unspecified atom stereocenters. The summed E-state index contributed by atoms with van der Waals surface area (Å²) in [6, 6.07) is 9.77. The molecule has 0 bridgehead atoms. The molecule has 0 saturated carbocycles. The molecule has 2 heterocycles. The largest absolute Gasteiger partial charge is 0.296 e. The van der Waals surface area contributed by atoms with E-state index in [0.717, 1.165) is 11.3 Å². The van der Waals surface area contributed by atoms with Gasteiger partial charge in [0.05, 0.1) is 11.9 Å². The molecule has 1 aromatic carbocycles. The molecule has 1 saturated heterocycles. The van der Waals surface area contributed by atoms with E-state index in [-0.39, 0.29) is 23.7 Å². The summed E-state index contributed by atoms with van der Waals surface area (Å²) in [6.07, 6.45) is 4.71. The topological polar surface area (TPSA) is 64.0 Å². The molecule has 1 N–H and O–H groups in total. The predicted octanol–water partition coefficient (Wildman–Crippen LogP) is 2.03. The van der Waals surface area contributed by atoms with E-state index in [1.165, 1.54) is 0 Å². The van der Waals surface area contributed by atoms with E-state index in [4.69, 9.17) is 0 Å². The smallest absolute Gasteiger partial charge is 0.230 e. The van der Waals surface area contributed by atoms with Crippen molar-refractivity contribution in [3.8, 4) is 5.69 Å². The van der Waals surface area contributed by atoms with Gasteiger partial charge in [-0.2, -0.15) is 5.10 Å². The van der Waals surface area contributed by atoms with Crippen molar-refractivity contribution in [3.05, 3.63) is 48.3 Å². The van der Waals surface area contributed by atoms with Gasteiger partial charge in [0.2, 0.25) is 11.8 Å². The highest BCUT2D eigenvalue weighted by atomic mass is 16.2. The Kier molecular flexibility index (Phi) is 3.56. The first-order chi connectivity index (χ1) is 10.2. The zero-order valence-electron chi connectivity index (χ0n) is 11.8. The number of nitrogens with one attached hydrogen (secondary N) is 1. The lowest BCUT2D eigenvalue weighted by molar-refractivity contribution is -0.137. The standard InChI is InChI=1S/C16H17N3O2/c1-2-13-14(8-15(20)18-16(13)21)11-9-17-19(10-11)12-6-4-3-5-7-12/h3-7,9-10,13-14H,2,8H2,1H3,(H,18,20,21). The first-order valence-corrected chi connectivity index (χ1v) is 7.12. The van der Waals surface area contributed by atoms with E-state index in [1.807, 2.05) is 43.5 Å². The lowest BCUT2D eigenvalue weighted by Crippen LogP contribution is -2.44. The zero-order valence-corrected chi connectivity index (χ0v) is 11.8. The number of nitrogens with zero attached hydrogens (tertiary/aromatic N) is 2. The summed E-state index contributed by atoms with van der Waals surface area (Å²) in [6.45, 7) is 1.97. The summed E-state index contributed by atoms with van der Waals surface area (Å²) in [5.74, 6) is -0.641. The summed E-state index contributed by atoms with van der Waals surface area (Å²) in [4.78, 5) is 23.6. The second kappa shape index (κ2) is 5.52. The molecular weight excluding hydrogens is 266 g/mol. The first-order valence-electron chi connectivity index (χ1n) is 7.12. The monoisotopic (exact) mass is 283 g/mol. The maximum Gasteiger partial charge on any atom is 0.230 e. The van der Waals surface area contributed by atoms with Crippen LogP contribution in [0.2, 0.25) is 0 Å². The van der Waals surface area contributed by atoms with Crippen LogP contribution in [0.4, 0.5) is 0 Å². The van der Waals surface area contributed by atoms with Gasteiger partial charge in [0.1, 0.15) is 0 Å². The first kappa shape index (κ1) is 13.5. The van der Waals surface area contributed by atoms with Gasteiger partial charge < -0.3 is 0 Å². The fraction of sp³-hybridized carbons (Fsp3) is 0.312. The third-order valence-electron chi connectivity index (χ3n) is 3.98. The Morgan fingerprint density at radius 3 is 2.76 bits per heavy atom. The molecule has 1 aromatic heterocycles. The molecule has 1 fully saturated rings. The zero-order chi connectivity index (χ0) is 14.8. The van der Waals surface area contributed by atoms with Gasteiger partial charge in [0, 0.05) is 24.5 Å². The SMILES string of the molecule is CCC1C(=O)NC(=O)CC1c1cnn(-c2ccccc2)c1. The van der Waals surface area contributed by atoms with Crippen LogP contribution in [0.1, 0.15) is 31.2 Å². The van der Waals surface area contributed by atoms with Gasteiger partial charge in [-0.1, -0.05) is 25.1 Å². The molecule has 21 heavy (non-hydrogen) atoms. The van der Waals surface area contributed by atoms with E-state index in [0.29, 0.717) is 12.8 Å². The van der Waals surface area contributed by atoms with Crippen LogP contribution in [0.15, 0.2) is 42.7 Å². The lowest BCUT2D eigenvalue weighted by atomic mass is 9.80. The van der Waals surface area contributed by atoms with Crippen LogP contribution < -0.4 is 5.32 Å². The molecule has 0 spiro atoms. The number of piperidine rings is 1. The molecule has 5 nitrogen and oxygen atoms in total. The highest BCUT2D eigenvalue weighted by molar-refractivity contribution is 5.99. The van der Waals surface area contributed by atoms with E-state index >= 15 is 0 Å². The Bertz CT molecular complexity index is 663. The predicted molar refractivity (Wildman–Crippen MR) is 77.9 cm³/mol. The summed E-state index contributed by atoms with van der Waals surface area (Å²) in [5.41, 5.74) is 1.90. The minimum atomic E-state index is -0.206. The van der Waals surface area contributed by atoms with Crippen LogP contribution in [0.25, 0.3) is 5.69 Å². The van der Waals surface area contributed by atoms with Crippen molar-refractivity contribution in [2.75, 3.05) is 0 Å². The van der Waals surface area contributed by atoms with Crippen molar-refractivity contribution in [3.63, 3.8) is 0 Å². The number of benzene rings is 1. The Labute approximate surface area is 123 Å². The van der Waals surface area contributed by atoms with Gasteiger partial charge in [-0.3, -0.25) is 14.9 Å². The number of imide groups is 1. The summed E-state index contributed by atoms with van der Waals surface area (Å²) >= 11 is 0. The summed E-state index contributed by atoms with van der Waals surface area (Å²) in [7, 11) is 0. The molecule has 108 valence electrons. The minimum absolute atomic E-state index is 0.0892. The van der Waals surface area contributed by atoms with Crippen molar-refractivity contribution in [2.24, 2.45) is 5.92 Å². The number of hydrogen-bond acceptors (Lipinski definition) is 3. The molecular formula is C16H17N3O2. The van der Waals surface area contributed by atoms with Crippen LogP contribution >= 0.6 is 0 Å². The van der Waals surface area contributed by atoms with Crippen molar-refractivity contribution in [1.29, 1.82) is 0 Å². The minimum Gasteiger partial charge on any atom is -0.296 e. The molecule has 1 aliphatic rings. The number of aromatic nitrogens is 2. The quantitative estimate of drug-likeness (QED) is 0.877. The Hall–Kier alpha value is -2.43. The van der Waals surface area contributed by atoms with Gasteiger partial charge >= 0.3 is 0 Å². The molecule has 2 amide bonds. The van der Waals surface area contributed by atoms with Gasteiger partial charge in [-0.15, -0.1) is 0 Å². The second-order valence-electron chi connectivity index (χ2n) is 5.29. The highest BCUT2D eigenvalue weighted by Crippen LogP contribution is 2.33. The number of carbonyl (C=O) groups excluding carboxylic acids is 2. The van der Waals surface area contributed by atoms with Crippen LogP contribution in [0, 0.1) is 5.92 Å². The van der Waals surface area contributed by atoms with Crippen LogP contribution in [-0.2, 0) is 9.59 Å². The van der Waals surface area contributed by atoms with Crippen molar-refractivity contribution >= 4 is 11.8 Å². The fourth-order valence-electron chi connectivity index (χ4n) is 2.88. The maximum atomic E-state index is 11.9. The van der Waals surface area contributed by atoms with Gasteiger partial charge in [-0.05, 0) is 24.1 Å². The Morgan fingerprint density at radius 2 is 2.05 bits per heavy atom. The molecule has 3 rings (SSSR count). The van der Waals surface area contributed by atoms with E-state index in [1.54, 1.807) is 10.9 Å². The molecule has 0 radical (unpaired) electrons. The number of hydrogen-bond donors (Lipinski definition) is 1. The number of amides is 2. The highest BCUT2D eigenvalue weighted by Gasteiger charge is 2.36. The van der Waals surface area contributed by atoms with Crippen LogP contribution in [0.5, 0.6) is 0 Å². The Balaban J connectivity index is 1.91. The van der Waals surface area contributed by atoms with Crippen molar-refractivity contribution < 1.29 is 9.59 Å². The van der Waals surface area contributed by atoms with Crippen molar-refractivity contribution in [2.45, 2.75) is 25.7 Å². The molecule has 2 aromatic rings. The fourth-order valence-corrected chi connectivity index (χ4v) is 2.88. The normalized spacial score (nSPS) is 22.1. The average Bonchev–Trinajstić information content (AvgIpc) is 2.97. The van der Waals surface area contributed by atoms with Crippen LogP contribution in [0.3, 0.4) is 0 Å². The molecule has 2 atom stereocenters. The van der Waals surface area contributed by atoms with E-state index in [9.17, 15) is 9.59 Å². The summed E-state index contributed by atoms with van der Waals surface area (Å²) in [5, 5.41) is 6.77. The third-order valence-corrected chi connectivity index (χ3v) is 3.98. The second-order valence-corrected chi connectivity index (χ2v) is 5.29. The average molecular weight is 283 g/mol. The lowest BCUT2D eigenvalue weighted by Gasteiger charge is -2.28. The van der Waals surface area contributed by atoms with Gasteiger partial charge in [0.15, 0.2) is 0 Å². The Morgan fingerprint density at radius 1 is 1.29 bits per heavy atom. The van der Waals surface area contributed by atoms with E-state index in [2.05, 4.69) is 10.4 Å². The molecule has 5 heteroatoms. The van der Waals surface area contributed by atoms with Gasteiger partial charge in [0.25, 0.3) is 0 Å². The summed E-state index contributed by atoms with van der Waals surface area (Å²) < 4.78 is 1.78. The van der Waals surface area contributed by atoms with Gasteiger partial charge in [-0.25, -0.2) is 4.68 Å². The van der Waals surface area contributed by atoms with E-state index < -0.39 is 0 Å².